The van der Waals surface area contributed by atoms with Crippen LogP contribution < -0.4 is 11.5 Å². The summed E-state index contributed by atoms with van der Waals surface area (Å²) in [6.07, 6.45) is 1.98. The molecular formula is C12H16N2O2. The number of primary amides is 2. The Morgan fingerprint density at radius 3 is 1.56 bits per heavy atom. The molecule has 0 saturated heterocycles. The normalized spacial score (nSPS) is 10.0. The van der Waals surface area contributed by atoms with E-state index in [1.54, 1.807) is 0 Å². The third-order valence-electron chi connectivity index (χ3n) is 2.21. The van der Waals surface area contributed by atoms with E-state index in [1.165, 1.54) is 11.1 Å². The zero-order valence-corrected chi connectivity index (χ0v) is 9.11. The topological polar surface area (TPSA) is 86.2 Å². The van der Waals surface area contributed by atoms with Crippen LogP contribution in [0.3, 0.4) is 0 Å². The lowest BCUT2D eigenvalue weighted by Gasteiger charge is -1.93. The van der Waals surface area contributed by atoms with Gasteiger partial charge in [-0.05, 0) is 30.0 Å². The first kappa shape index (κ1) is 12.2. The summed E-state index contributed by atoms with van der Waals surface area (Å²) in [5.74, 6) is -0.658. The molecule has 2 aliphatic rings. The Bertz CT molecular complexity index is 355. The predicted molar refractivity (Wildman–Crippen MR) is 62.3 cm³/mol. The highest BCUT2D eigenvalue weighted by atomic mass is 16.1. The minimum absolute atomic E-state index is 0.329. The number of benzene rings is 1. The van der Waals surface area contributed by atoms with Crippen molar-refractivity contribution >= 4 is 11.8 Å². The molecule has 0 heterocycles. The Hall–Kier alpha value is -1.84. The molecule has 0 saturated carbocycles. The molecule has 0 aromatic rings. The van der Waals surface area contributed by atoms with Crippen molar-refractivity contribution in [1.82, 2.24) is 0 Å². The van der Waals surface area contributed by atoms with Crippen LogP contribution in [-0.4, -0.2) is 11.8 Å². The molecule has 2 rings (SSSR count). The Morgan fingerprint density at radius 1 is 0.938 bits per heavy atom. The molecule has 0 radical (unpaired) electrons. The van der Waals surface area contributed by atoms with Gasteiger partial charge in [0, 0.05) is 12.8 Å². The first-order chi connectivity index (χ1) is 7.59. The molecule has 0 unspecified atom stereocenters. The van der Waals surface area contributed by atoms with E-state index in [1.807, 2.05) is 0 Å². The third kappa shape index (κ3) is 5.14. The van der Waals surface area contributed by atoms with Gasteiger partial charge in [0.05, 0.1) is 0 Å². The summed E-state index contributed by atoms with van der Waals surface area (Å²) in [5, 5.41) is 0. The van der Waals surface area contributed by atoms with Crippen LogP contribution in [0, 0.1) is 0 Å². The maximum atomic E-state index is 10.2. The van der Waals surface area contributed by atoms with Gasteiger partial charge >= 0.3 is 0 Å². The molecule has 4 nitrogen and oxygen atoms in total. The van der Waals surface area contributed by atoms with E-state index >= 15 is 0 Å². The van der Waals surface area contributed by atoms with E-state index in [2.05, 4.69) is 24.3 Å². The first-order valence-electron chi connectivity index (χ1n) is 5.26. The fourth-order valence-corrected chi connectivity index (χ4v) is 1.27. The fraction of sp³-hybridized carbons (Fsp3) is 0.333. The summed E-state index contributed by atoms with van der Waals surface area (Å²) in [6, 6.07) is 8.48. The van der Waals surface area contributed by atoms with Gasteiger partial charge < -0.3 is 11.5 Å². The Morgan fingerprint density at radius 2 is 1.38 bits per heavy atom. The monoisotopic (exact) mass is 220 g/mol. The highest BCUT2D eigenvalue weighted by Crippen LogP contribution is 2.32. The van der Waals surface area contributed by atoms with Crippen molar-refractivity contribution in [3.05, 3.63) is 24.3 Å². The van der Waals surface area contributed by atoms with Gasteiger partial charge in [0.25, 0.3) is 0 Å². The van der Waals surface area contributed by atoms with Crippen LogP contribution in [0.25, 0.3) is 11.1 Å². The van der Waals surface area contributed by atoms with Crippen LogP contribution in [0.4, 0.5) is 0 Å². The quantitative estimate of drug-likeness (QED) is 0.741. The fourth-order valence-electron chi connectivity index (χ4n) is 1.27. The maximum Gasteiger partial charge on any atom is 0.217 e. The second kappa shape index (κ2) is 5.90. The number of hydrogen-bond donors (Lipinski definition) is 2. The van der Waals surface area contributed by atoms with E-state index in [4.69, 9.17) is 11.5 Å². The number of carbonyl (C=O) groups excluding carboxylic acids is 2. The maximum absolute atomic E-state index is 10.2. The summed E-state index contributed by atoms with van der Waals surface area (Å²) in [5.41, 5.74) is 12.6. The number of fused-ring (bicyclic) bond motifs is 1. The highest BCUT2D eigenvalue weighted by molar-refractivity contribution is 5.80. The lowest BCUT2D eigenvalue weighted by atomic mass is 10.2. The van der Waals surface area contributed by atoms with Crippen LogP contribution in [0.2, 0.25) is 0 Å². The third-order valence-corrected chi connectivity index (χ3v) is 2.21. The van der Waals surface area contributed by atoms with Gasteiger partial charge in [-0.15, -0.1) is 0 Å². The van der Waals surface area contributed by atoms with Crippen molar-refractivity contribution in [1.29, 1.82) is 0 Å². The Labute approximate surface area is 94.6 Å². The van der Waals surface area contributed by atoms with E-state index in [0.717, 1.165) is 0 Å². The van der Waals surface area contributed by atoms with Gasteiger partial charge in [-0.1, -0.05) is 18.2 Å². The predicted octanol–water partition coefficient (Wildman–Crippen LogP) is 1.18. The van der Waals surface area contributed by atoms with Crippen molar-refractivity contribution in [2.75, 3.05) is 0 Å². The van der Waals surface area contributed by atoms with E-state index in [9.17, 15) is 9.59 Å². The largest absolute Gasteiger partial charge is 0.370 e. The Balaban J connectivity index is 0.000000176. The van der Waals surface area contributed by atoms with Crippen LogP contribution >= 0.6 is 0 Å². The molecule has 2 aliphatic carbocycles. The summed E-state index contributed by atoms with van der Waals surface area (Å²) < 4.78 is 0. The molecule has 4 heteroatoms. The van der Waals surface area contributed by atoms with Crippen molar-refractivity contribution in [3.63, 3.8) is 0 Å². The first-order valence-corrected chi connectivity index (χ1v) is 5.26. The van der Waals surface area contributed by atoms with Gasteiger partial charge in [-0.3, -0.25) is 9.59 Å². The SMILES string of the molecule is NC(=O)CCCCC(N)=O.c1cc2cc-2c1. The number of amides is 2. The molecule has 0 atom stereocenters. The molecule has 0 spiro atoms. The average molecular weight is 220 g/mol. The molecule has 16 heavy (non-hydrogen) atoms. The number of hydrogen-bond acceptors (Lipinski definition) is 2. The van der Waals surface area contributed by atoms with Crippen molar-refractivity contribution in [3.8, 4) is 11.1 Å². The van der Waals surface area contributed by atoms with Gasteiger partial charge in [-0.2, -0.15) is 0 Å². The van der Waals surface area contributed by atoms with E-state index in [-0.39, 0.29) is 11.8 Å². The zero-order chi connectivity index (χ0) is 12.0. The molecule has 2 amide bonds. The summed E-state index contributed by atoms with van der Waals surface area (Å²) >= 11 is 0. The van der Waals surface area contributed by atoms with Crippen molar-refractivity contribution in [2.45, 2.75) is 25.7 Å². The smallest absolute Gasteiger partial charge is 0.217 e. The molecular weight excluding hydrogens is 204 g/mol. The molecule has 0 fully saturated rings. The summed E-state index contributed by atoms with van der Waals surface area (Å²) in [7, 11) is 0. The second-order valence-corrected chi connectivity index (χ2v) is 3.72. The minimum atomic E-state index is -0.329. The van der Waals surface area contributed by atoms with Crippen LogP contribution in [0.15, 0.2) is 24.3 Å². The second-order valence-electron chi connectivity index (χ2n) is 3.72. The molecule has 0 aromatic carbocycles. The molecule has 0 aromatic heterocycles. The number of nitrogens with two attached hydrogens (primary N) is 2. The van der Waals surface area contributed by atoms with Gasteiger partial charge in [-0.25, -0.2) is 0 Å². The molecule has 86 valence electrons. The Kier molecular flexibility index (Phi) is 4.51. The molecule has 0 bridgehead atoms. The molecule has 4 N–H and O–H groups in total. The van der Waals surface area contributed by atoms with Gasteiger partial charge in [0.15, 0.2) is 0 Å². The standard InChI is InChI=1S/C6H12N2O2.C6H4/c7-5(9)3-1-2-4-6(8)10;1-2-5-4-6(5)3-1/h1-4H2,(H2,7,9)(H2,8,10);1-4H. The summed E-state index contributed by atoms with van der Waals surface area (Å²) in [6.45, 7) is 0. The summed E-state index contributed by atoms with van der Waals surface area (Å²) in [4.78, 5) is 20.3. The number of carbonyl (C=O) groups is 2. The number of unbranched alkanes of at least 4 members (excludes halogenated alkanes) is 1. The van der Waals surface area contributed by atoms with Crippen molar-refractivity contribution < 1.29 is 9.59 Å². The van der Waals surface area contributed by atoms with Crippen LogP contribution in [0.5, 0.6) is 0 Å². The van der Waals surface area contributed by atoms with Gasteiger partial charge in [0.1, 0.15) is 0 Å². The average Bonchev–Trinajstić information content (AvgIpc) is 2.81. The van der Waals surface area contributed by atoms with E-state index < -0.39 is 0 Å². The minimum Gasteiger partial charge on any atom is -0.370 e. The van der Waals surface area contributed by atoms with Crippen molar-refractivity contribution in [2.24, 2.45) is 11.5 Å². The highest BCUT2D eigenvalue weighted by Gasteiger charge is 2.06. The van der Waals surface area contributed by atoms with Crippen LogP contribution in [-0.2, 0) is 9.59 Å². The number of rotatable bonds is 5. The van der Waals surface area contributed by atoms with Gasteiger partial charge in [0.2, 0.25) is 11.8 Å². The lowest BCUT2D eigenvalue weighted by molar-refractivity contribution is -0.119. The molecule has 0 aliphatic heterocycles. The zero-order valence-electron chi connectivity index (χ0n) is 9.11. The van der Waals surface area contributed by atoms with E-state index in [0.29, 0.717) is 25.7 Å². The van der Waals surface area contributed by atoms with Crippen LogP contribution in [0.1, 0.15) is 25.7 Å². The lowest BCUT2D eigenvalue weighted by Crippen LogP contribution is -2.12.